The number of amides is 1. The summed E-state index contributed by atoms with van der Waals surface area (Å²) in [6.07, 6.45) is 0. The number of ether oxygens (including phenoxy) is 3. The average Bonchev–Trinajstić information content (AvgIpc) is 3.00. The Balaban J connectivity index is 2.05. The zero-order chi connectivity index (χ0) is 22.7. The van der Waals surface area contributed by atoms with Gasteiger partial charge in [0.2, 0.25) is 11.6 Å². The number of carbonyl (C=O) groups excluding carboxylic acids is 1. The van der Waals surface area contributed by atoms with Gasteiger partial charge in [0.15, 0.2) is 17.2 Å². The van der Waals surface area contributed by atoms with Gasteiger partial charge in [0, 0.05) is 11.9 Å². The molecule has 0 atom stereocenters. The predicted molar refractivity (Wildman–Crippen MR) is 118 cm³/mol. The van der Waals surface area contributed by atoms with E-state index in [4.69, 9.17) is 14.2 Å². The summed E-state index contributed by atoms with van der Waals surface area (Å²) in [7, 11) is 4.42. The molecule has 3 rings (SSSR count). The first kappa shape index (κ1) is 22.1. The summed E-state index contributed by atoms with van der Waals surface area (Å²) in [4.78, 5) is 12.8. The van der Waals surface area contributed by atoms with Crippen molar-refractivity contribution >= 4 is 22.5 Å². The molecule has 1 heterocycles. The van der Waals surface area contributed by atoms with Crippen molar-refractivity contribution < 1.29 is 24.1 Å². The van der Waals surface area contributed by atoms with E-state index in [1.165, 1.54) is 33.5 Å². The van der Waals surface area contributed by atoms with Crippen molar-refractivity contribution in [2.24, 2.45) is 16.1 Å². The Bertz CT molecular complexity index is 1120. The third kappa shape index (κ3) is 4.33. The minimum atomic E-state index is -0.601. The Kier molecular flexibility index (Phi) is 6.48. The fourth-order valence-electron chi connectivity index (χ4n) is 3.44. The first-order valence-electron chi connectivity index (χ1n) is 9.88. The monoisotopic (exact) mass is 425 g/mol. The molecule has 1 N–H and O–H groups in total. The highest BCUT2D eigenvalue weighted by atomic mass is 16.5. The molecular formula is C23H27N3O5. The lowest BCUT2D eigenvalue weighted by atomic mass is 10.1. The maximum absolute atomic E-state index is 12.8. The maximum Gasteiger partial charge on any atom is 0.295 e. The molecule has 2 aromatic carbocycles. The van der Waals surface area contributed by atoms with Gasteiger partial charge in [0.05, 0.1) is 32.4 Å². The molecular weight excluding hydrogens is 398 g/mol. The summed E-state index contributed by atoms with van der Waals surface area (Å²) in [5.74, 6) is 0.753. The summed E-state index contributed by atoms with van der Waals surface area (Å²) < 4.78 is 17.6. The molecule has 0 aliphatic rings. The second-order valence-corrected chi connectivity index (χ2v) is 7.62. The molecule has 31 heavy (non-hydrogen) atoms. The van der Waals surface area contributed by atoms with Gasteiger partial charge in [0.25, 0.3) is 5.91 Å². The largest absolute Gasteiger partial charge is 0.493 e. The Morgan fingerprint density at radius 3 is 2.26 bits per heavy atom. The molecule has 0 fully saturated rings. The van der Waals surface area contributed by atoms with Crippen LogP contribution in [0.15, 0.2) is 40.6 Å². The Labute approximate surface area is 181 Å². The summed E-state index contributed by atoms with van der Waals surface area (Å²) in [5.41, 5.74) is 2.34. The van der Waals surface area contributed by atoms with Gasteiger partial charge < -0.3 is 23.9 Å². The van der Waals surface area contributed by atoms with Crippen LogP contribution in [0.5, 0.6) is 23.1 Å². The SMILES string of the molecule is COc1cc(C(=O)N=Nc2c(O)n(CC(C)C)c3ccc(C)cc23)cc(OC)c1OC. The highest BCUT2D eigenvalue weighted by Gasteiger charge is 2.20. The summed E-state index contributed by atoms with van der Waals surface area (Å²) in [6.45, 7) is 6.70. The molecule has 3 aromatic rings. The summed E-state index contributed by atoms with van der Waals surface area (Å²) in [6, 6.07) is 8.85. The molecule has 0 saturated carbocycles. The first-order valence-corrected chi connectivity index (χ1v) is 9.88. The maximum atomic E-state index is 12.8. The van der Waals surface area contributed by atoms with Crippen LogP contribution in [0.3, 0.4) is 0 Å². The highest BCUT2D eigenvalue weighted by Crippen LogP contribution is 2.41. The third-order valence-electron chi connectivity index (χ3n) is 4.87. The van der Waals surface area contributed by atoms with E-state index < -0.39 is 5.91 Å². The summed E-state index contributed by atoms with van der Waals surface area (Å²) >= 11 is 0. The lowest BCUT2D eigenvalue weighted by Gasteiger charge is -2.12. The average molecular weight is 425 g/mol. The number of carbonyl (C=O) groups is 1. The third-order valence-corrected chi connectivity index (χ3v) is 4.87. The zero-order valence-corrected chi connectivity index (χ0v) is 18.6. The minimum Gasteiger partial charge on any atom is -0.493 e. The van der Waals surface area contributed by atoms with Crippen molar-refractivity contribution in [3.05, 3.63) is 41.5 Å². The molecule has 8 heteroatoms. The van der Waals surface area contributed by atoms with E-state index in [0.29, 0.717) is 29.7 Å². The summed E-state index contributed by atoms with van der Waals surface area (Å²) in [5, 5.41) is 19.5. The Morgan fingerprint density at radius 1 is 1.06 bits per heavy atom. The molecule has 0 unspecified atom stereocenters. The standard InChI is InChI=1S/C23H27N3O5/c1-13(2)12-26-17-8-7-14(3)9-16(17)20(23(26)28)24-25-22(27)15-10-18(29-4)21(31-6)19(11-15)30-5/h7-11,13,28H,12H2,1-6H3. The first-order chi connectivity index (χ1) is 14.8. The number of rotatable bonds is 7. The van der Waals surface area contributed by atoms with Gasteiger partial charge in [-0.1, -0.05) is 25.5 Å². The fourth-order valence-corrected chi connectivity index (χ4v) is 3.44. The van der Waals surface area contributed by atoms with Gasteiger partial charge in [-0.15, -0.1) is 10.2 Å². The van der Waals surface area contributed by atoms with Crippen molar-refractivity contribution in [2.75, 3.05) is 21.3 Å². The molecule has 0 spiro atoms. The Hall–Kier alpha value is -3.55. The van der Waals surface area contributed by atoms with E-state index in [2.05, 4.69) is 24.1 Å². The van der Waals surface area contributed by atoms with E-state index in [0.717, 1.165) is 16.5 Å². The highest BCUT2D eigenvalue weighted by molar-refractivity contribution is 5.98. The van der Waals surface area contributed by atoms with Crippen molar-refractivity contribution in [3.8, 4) is 23.1 Å². The predicted octanol–water partition coefficient (Wildman–Crippen LogP) is 5.26. The van der Waals surface area contributed by atoms with Crippen molar-refractivity contribution in [2.45, 2.75) is 27.3 Å². The minimum absolute atomic E-state index is 0.0178. The molecule has 0 aliphatic heterocycles. The van der Waals surface area contributed by atoms with Gasteiger partial charge in [-0.2, -0.15) is 0 Å². The van der Waals surface area contributed by atoms with Crippen LogP contribution in [0.4, 0.5) is 5.69 Å². The normalized spacial score (nSPS) is 11.5. The number of aryl methyl sites for hydroxylation is 1. The number of azo groups is 1. The quantitative estimate of drug-likeness (QED) is 0.521. The molecule has 0 radical (unpaired) electrons. The van der Waals surface area contributed by atoms with Gasteiger partial charge in [0.1, 0.15) is 0 Å². The van der Waals surface area contributed by atoms with Crippen molar-refractivity contribution in [3.63, 3.8) is 0 Å². The van der Waals surface area contributed by atoms with E-state index in [9.17, 15) is 9.90 Å². The topological polar surface area (TPSA) is 94.6 Å². The van der Waals surface area contributed by atoms with Crippen LogP contribution in [0.2, 0.25) is 0 Å². The zero-order valence-electron chi connectivity index (χ0n) is 18.6. The molecule has 0 aliphatic carbocycles. The van der Waals surface area contributed by atoms with Crippen LogP contribution in [0.25, 0.3) is 10.9 Å². The van der Waals surface area contributed by atoms with Crippen LogP contribution in [0, 0.1) is 12.8 Å². The van der Waals surface area contributed by atoms with Crippen LogP contribution >= 0.6 is 0 Å². The Morgan fingerprint density at radius 2 is 1.71 bits per heavy atom. The number of nitrogens with zero attached hydrogens (tertiary/aromatic N) is 3. The lowest BCUT2D eigenvalue weighted by molar-refractivity contribution is 0.0994. The molecule has 0 saturated heterocycles. The van der Waals surface area contributed by atoms with Gasteiger partial charge in [-0.3, -0.25) is 4.79 Å². The second kappa shape index (κ2) is 9.07. The van der Waals surface area contributed by atoms with Crippen LogP contribution in [-0.2, 0) is 6.54 Å². The number of hydrogen-bond donors (Lipinski definition) is 1. The molecule has 0 bridgehead atoms. The van der Waals surface area contributed by atoms with Gasteiger partial charge >= 0.3 is 0 Å². The van der Waals surface area contributed by atoms with E-state index in [1.54, 1.807) is 4.57 Å². The number of fused-ring (bicyclic) bond motifs is 1. The van der Waals surface area contributed by atoms with E-state index in [1.807, 2.05) is 25.1 Å². The second-order valence-electron chi connectivity index (χ2n) is 7.62. The number of methoxy groups -OCH3 is 3. The van der Waals surface area contributed by atoms with Gasteiger partial charge in [-0.25, -0.2) is 0 Å². The van der Waals surface area contributed by atoms with Crippen LogP contribution < -0.4 is 14.2 Å². The lowest BCUT2D eigenvalue weighted by Crippen LogP contribution is -2.03. The fraction of sp³-hybridized carbons (Fsp3) is 0.348. The number of benzene rings is 2. The molecule has 1 amide bonds. The van der Waals surface area contributed by atoms with Crippen LogP contribution in [-0.4, -0.2) is 36.9 Å². The van der Waals surface area contributed by atoms with Crippen molar-refractivity contribution in [1.82, 2.24) is 4.57 Å². The number of hydrogen-bond acceptors (Lipinski definition) is 6. The molecule has 8 nitrogen and oxygen atoms in total. The van der Waals surface area contributed by atoms with E-state index >= 15 is 0 Å². The molecule has 164 valence electrons. The van der Waals surface area contributed by atoms with Crippen molar-refractivity contribution in [1.29, 1.82) is 0 Å². The van der Waals surface area contributed by atoms with E-state index in [-0.39, 0.29) is 17.1 Å². The van der Waals surface area contributed by atoms with Crippen LogP contribution in [0.1, 0.15) is 29.8 Å². The number of aromatic hydroxyl groups is 1. The smallest absolute Gasteiger partial charge is 0.295 e. The van der Waals surface area contributed by atoms with Gasteiger partial charge in [-0.05, 0) is 37.1 Å². The number of aromatic nitrogens is 1. The molecule has 1 aromatic heterocycles.